The van der Waals surface area contributed by atoms with Crippen LogP contribution in [0.4, 0.5) is 11.4 Å². The Kier molecular flexibility index (Phi) is 6.57. The summed E-state index contributed by atoms with van der Waals surface area (Å²) < 4.78 is 5.70. The second-order valence-electron chi connectivity index (χ2n) is 7.53. The minimum Gasteiger partial charge on any atom is -0.483 e. The van der Waals surface area contributed by atoms with E-state index in [1.54, 1.807) is 0 Å². The fourth-order valence-electron chi connectivity index (χ4n) is 3.60. The molecule has 1 amide bonds. The van der Waals surface area contributed by atoms with Crippen LogP contribution in [0, 0.1) is 20.8 Å². The molecule has 5 nitrogen and oxygen atoms in total. The van der Waals surface area contributed by atoms with E-state index in [1.165, 1.54) is 11.3 Å². The number of carbonyl (C=O) groups is 1. The summed E-state index contributed by atoms with van der Waals surface area (Å²) in [6.45, 7) is 13.7. The van der Waals surface area contributed by atoms with Crippen LogP contribution < -0.4 is 15.0 Å². The first-order chi connectivity index (χ1) is 13.5. The lowest BCUT2D eigenvalue weighted by molar-refractivity contribution is -0.118. The Morgan fingerprint density at radius 1 is 1.00 bits per heavy atom. The van der Waals surface area contributed by atoms with Gasteiger partial charge in [-0.1, -0.05) is 19.1 Å². The van der Waals surface area contributed by atoms with Crippen molar-refractivity contribution >= 4 is 17.3 Å². The van der Waals surface area contributed by atoms with Crippen molar-refractivity contribution in [1.29, 1.82) is 0 Å². The SMILES string of the molecule is CCN1CCN(c2ccc(NC(=O)COc3cc(C)ccc3C)cc2C)CC1. The molecular formula is C23H31N3O2. The third kappa shape index (κ3) is 5.04. The molecule has 0 saturated carbocycles. The highest BCUT2D eigenvalue weighted by Gasteiger charge is 2.17. The summed E-state index contributed by atoms with van der Waals surface area (Å²) in [5, 5.41) is 2.94. The van der Waals surface area contributed by atoms with Crippen molar-refractivity contribution < 1.29 is 9.53 Å². The minimum atomic E-state index is -0.149. The molecule has 5 heteroatoms. The minimum absolute atomic E-state index is 0.00404. The zero-order chi connectivity index (χ0) is 20.1. The van der Waals surface area contributed by atoms with Crippen LogP contribution in [0.5, 0.6) is 5.75 Å². The van der Waals surface area contributed by atoms with Gasteiger partial charge in [0.05, 0.1) is 0 Å². The number of nitrogens with zero attached hydrogens (tertiary/aromatic N) is 2. The number of aryl methyl sites for hydroxylation is 3. The lowest BCUT2D eigenvalue weighted by Gasteiger charge is -2.36. The van der Waals surface area contributed by atoms with Gasteiger partial charge in [-0.05, 0) is 68.3 Å². The van der Waals surface area contributed by atoms with Gasteiger partial charge in [0.25, 0.3) is 5.91 Å². The lowest BCUT2D eigenvalue weighted by Crippen LogP contribution is -2.46. The Balaban J connectivity index is 1.56. The van der Waals surface area contributed by atoms with E-state index in [4.69, 9.17) is 4.74 Å². The molecule has 0 aromatic heterocycles. The van der Waals surface area contributed by atoms with Crippen LogP contribution >= 0.6 is 0 Å². The van der Waals surface area contributed by atoms with Gasteiger partial charge in [-0.3, -0.25) is 4.79 Å². The summed E-state index contributed by atoms with van der Waals surface area (Å²) in [5.41, 5.74) is 5.38. The van der Waals surface area contributed by atoms with E-state index in [-0.39, 0.29) is 12.5 Å². The van der Waals surface area contributed by atoms with Crippen LogP contribution in [0.25, 0.3) is 0 Å². The van der Waals surface area contributed by atoms with Gasteiger partial charge in [0.1, 0.15) is 5.75 Å². The molecule has 150 valence electrons. The number of rotatable bonds is 6. The normalized spacial score (nSPS) is 14.8. The Bertz CT molecular complexity index is 827. The van der Waals surface area contributed by atoms with Crippen molar-refractivity contribution in [2.75, 3.05) is 49.5 Å². The molecule has 1 aliphatic heterocycles. The van der Waals surface area contributed by atoms with E-state index in [2.05, 4.69) is 35.0 Å². The number of anilines is 2. The summed E-state index contributed by atoms with van der Waals surface area (Å²) in [4.78, 5) is 17.2. The van der Waals surface area contributed by atoms with E-state index >= 15 is 0 Å². The molecule has 1 fully saturated rings. The maximum Gasteiger partial charge on any atom is 0.262 e. The van der Waals surface area contributed by atoms with Gasteiger partial charge < -0.3 is 19.9 Å². The molecule has 2 aromatic rings. The highest BCUT2D eigenvalue weighted by Crippen LogP contribution is 2.25. The van der Waals surface area contributed by atoms with Crippen LogP contribution in [0.2, 0.25) is 0 Å². The van der Waals surface area contributed by atoms with Crippen molar-refractivity contribution in [2.24, 2.45) is 0 Å². The fraction of sp³-hybridized carbons (Fsp3) is 0.435. The van der Waals surface area contributed by atoms with Crippen molar-refractivity contribution in [2.45, 2.75) is 27.7 Å². The standard InChI is InChI=1S/C23H31N3O2/c1-5-25-10-12-26(13-11-25)21-9-8-20(15-19(21)4)24-23(27)16-28-22-14-17(2)6-7-18(22)3/h6-9,14-15H,5,10-13,16H2,1-4H3,(H,24,27). The maximum atomic E-state index is 12.3. The first-order valence-electron chi connectivity index (χ1n) is 10.0. The average Bonchev–Trinajstić information content (AvgIpc) is 2.69. The molecular weight excluding hydrogens is 350 g/mol. The van der Waals surface area contributed by atoms with Crippen LogP contribution in [-0.2, 0) is 4.79 Å². The molecule has 28 heavy (non-hydrogen) atoms. The number of hydrogen-bond acceptors (Lipinski definition) is 4. The second kappa shape index (κ2) is 9.11. The number of likely N-dealkylation sites (N-methyl/N-ethyl adjacent to an activating group) is 1. The molecule has 0 radical (unpaired) electrons. The molecule has 0 bridgehead atoms. The zero-order valence-electron chi connectivity index (χ0n) is 17.4. The summed E-state index contributed by atoms with van der Waals surface area (Å²) >= 11 is 0. The van der Waals surface area contributed by atoms with E-state index in [9.17, 15) is 4.79 Å². The third-order valence-corrected chi connectivity index (χ3v) is 5.34. The van der Waals surface area contributed by atoms with Crippen molar-refractivity contribution in [3.05, 3.63) is 53.1 Å². The van der Waals surface area contributed by atoms with Gasteiger partial charge in [0, 0.05) is 37.6 Å². The monoisotopic (exact) mass is 381 g/mol. The molecule has 0 atom stereocenters. The van der Waals surface area contributed by atoms with Crippen molar-refractivity contribution in [1.82, 2.24) is 4.90 Å². The van der Waals surface area contributed by atoms with Gasteiger partial charge in [-0.2, -0.15) is 0 Å². The van der Waals surface area contributed by atoms with Crippen molar-refractivity contribution in [3.63, 3.8) is 0 Å². The average molecular weight is 382 g/mol. The van der Waals surface area contributed by atoms with Crippen molar-refractivity contribution in [3.8, 4) is 5.75 Å². The van der Waals surface area contributed by atoms with E-state index < -0.39 is 0 Å². The number of hydrogen-bond donors (Lipinski definition) is 1. The highest BCUT2D eigenvalue weighted by atomic mass is 16.5. The number of ether oxygens (including phenoxy) is 1. The summed E-state index contributed by atoms with van der Waals surface area (Å²) in [6, 6.07) is 12.1. The predicted molar refractivity (Wildman–Crippen MR) is 116 cm³/mol. The second-order valence-corrected chi connectivity index (χ2v) is 7.53. The zero-order valence-corrected chi connectivity index (χ0v) is 17.4. The number of amides is 1. The van der Waals surface area contributed by atoms with E-state index in [1.807, 2.05) is 44.2 Å². The molecule has 0 aliphatic carbocycles. The molecule has 1 heterocycles. The van der Waals surface area contributed by atoms with Crippen LogP contribution in [-0.4, -0.2) is 50.1 Å². The Morgan fingerprint density at radius 2 is 1.75 bits per heavy atom. The first-order valence-corrected chi connectivity index (χ1v) is 10.0. The lowest BCUT2D eigenvalue weighted by atomic mass is 10.1. The van der Waals surface area contributed by atoms with E-state index in [0.717, 1.165) is 55.3 Å². The summed E-state index contributed by atoms with van der Waals surface area (Å²) in [6.07, 6.45) is 0. The van der Waals surface area contributed by atoms with Gasteiger partial charge >= 0.3 is 0 Å². The Hall–Kier alpha value is -2.53. The molecule has 1 aliphatic rings. The Labute approximate surface area is 168 Å². The highest BCUT2D eigenvalue weighted by molar-refractivity contribution is 5.92. The first kappa shape index (κ1) is 20.2. The number of piperazine rings is 1. The number of nitrogens with one attached hydrogen (secondary N) is 1. The van der Waals surface area contributed by atoms with Gasteiger partial charge in [0.15, 0.2) is 6.61 Å². The molecule has 0 unspecified atom stereocenters. The van der Waals surface area contributed by atoms with Gasteiger partial charge in [-0.25, -0.2) is 0 Å². The molecule has 3 rings (SSSR count). The topological polar surface area (TPSA) is 44.8 Å². The van der Waals surface area contributed by atoms with Crippen LogP contribution in [0.1, 0.15) is 23.6 Å². The maximum absolute atomic E-state index is 12.3. The Morgan fingerprint density at radius 3 is 2.43 bits per heavy atom. The largest absolute Gasteiger partial charge is 0.483 e. The summed E-state index contributed by atoms with van der Waals surface area (Å²) in [7, 11) is 0. The van der Waals surface area contributed by atoms with Crippen LogP contribution in [0.3, 0.4) is 0 Å². The fourth-order valence-corrected chi connectivity index (χ4v) is 3.60. The van der Waals surface area contributed by atoms with Gasteiger partial charge in [-0.15, -0.1) is 0 Å². The molecule has 1 N–H and O–H groups in total. The van der Waals surface area contributed by atoms with Crippen LogP contribution in [0.15, 0.2) is 36.4 Å². The van der Waals surface area contributed by atoms with E-state index in [0.29, 0.717) is 0 Å². The summed E-state index contributed by atoms with van der Waals surface area (Å²) in [5.74, 6) is 0.609. The molecule has 0 spiro atoms. The number of carbonyl (C=O) groups excluding carboxylic acids is 1. The third-order valence-electron chi connectivity index (χ3n) is 5.34. The predicted octanol–water partition coefficient (Wildman–Crippen LogP) is 3.77. The number of benzene rings is 2. The smallest absolute Gasteiger partial charge is 0.262 e. The molecule has 2 aromatic carbocycles. The van der Waals surface area contributed by atoms with Gasteiger partial charge in [0.2, 0.25) is 0 Å². The molecule has 1 saturated heterocycles. The quantitative estimate of drug-likeness (QED) is 0.827.